The molecule has 0 unspecified atom stereocenters. The molecule has 3 aromatic heterocycles. The second kappa shape index (κ2) is 11.6. The summed E-state index contributed by atoms with van der Waals surface area (Å²) in [5.74, 6) is 0.950. The third-order valence-electron chi connectivity index (χ3n) is 6.60. The molecular formula is C26H28ClN5O4S. The smallest absolute Gasteiger partial charge is 0.335 e. The highest BCUT2D eigenvalue weighted by Gasteiger charge is 2.24. The lowest BCUT2D eigenvalue weighted by atomic mass is 9.93. The van der Waals surface area contributed by atoms with E-state index in [0.29, 0.717) is 42.6 Å². The molecule has 0 aliphatic carbocycles. The number of likely N-dealkylation sites (tertiary alicyclic amines) is 1. The molecule has 1 aromatic carbocycles. The minimum Gasteiger partial charge on any atom is -0.478 e. The second-order valence-electron chi connectivity index (χ2n) is 9.00. The van der Waals surface area contributed by atoms with Crippen molar-refractivity contribution in [2.24, 2.45) is 0 Å². The minimum atomic E-state index is -0.944. The maximum atomic E-state index is 11.5. The molecule has 4 aromatic rings. The zero-order valence-electron chi connectivity index (χ0n) is 20.5. The molecule has 0 spiro atoms. The number of carboxylic acid groups (broad SMARTS) is 1. The molecule has 0 bridgehead atoms. The first-order chi connectivity index (χ1) is 18.0. The number of rotatable bonds is 10. The van der Waals surface area contributed by atoms with Crippen LogP contribution in [0.3, 0.4) is 0 Å². The van der Waals surface area contributed by atoms with Crippen molar-refractivity contribution >= 4 is 39.9 Å². The van der Waals surface area contributed by atoms with Gasteiger partial charge in [-0.25, -0.2) is 19.7 Å². The molecule has 0 atom stereocenters. The molecule has 5 rings (SSSR count). The van der Waals surface area contributed by atoms with E-state index in [1.165, 1.54) is 11.3 Å². The second-order valence-corrected chi connectivity index (χ2v) is 10.7. The molecular weight excluding hydrogens is 514 g/mol. The van der Waals surface area contributed by atoms with Crippen LogP contribution in [0.15, 0.2) is 42.6 Å². The van der Waals surface area contributed by atoms with Gasteiger partial charge in [-0.05, 0) is 50.2 Å². The Balaban J connectivity index is 1.23. The van der Waals surface area contributed by atoms with E-state index < -0.39 is 5.97 Å². The first-order valence-electron chi connectivity index (χ1n) is 12.1. The zero-order valence-corrected chi connectivity index (χ0v) is 22.0. The lowest BCUT2D eigenvalue weighted by molar-refractivity contribution is 0.0697. The summed E-state index contributed by atoms with van der Waals surface area (Å²) in [5, 5.41) is 9.42. The molecule has 1 N–H and O–H groups in total. The molecule has 194 valence electrons. The van der Waals surface area contributed by atoms with Gasteiger partial charge in [0.15, 0.2) is 4.47 Å². The Morgan fingerprint density at radius 2 is 2.05 bits per heavy atom. The van der Waals surface area contributed by atoms with Crippen LogP contribution in [-0.2, 0) is 24.4 Å². The van der Waals surface area contributed by atoms with E-state index in [9.17, 15) is 9.90 Å². The van der Waals surface area contributed by atoms with Gasteiger partial charge in [-0.1, -0.05) is 17.7 Å². The third kappa shape index (κ3) is 6.10. The van der Waals surface area contributed by atoms with E-state index in [-0.39, 0.29) is 5.56 Å². The van der Waals surface area contributed by atoms with E-state index in [1.807, 2.05) is 12.1 Å². The summed E-state index contributed by atoms with van der Waals surface area (Å²) in [7, 11) is 1.66. The number of halogens is 1. The highest BCUT2D eigenvalue weighted by atomic mass is 35.5. The zero-order chi connectivity index (χ0) is 25.8. The number of aromatic nitrogens is 4. The van der Waals surface area contributed by atoms with Crippen molar-refractivity contribution in [3.8, 4) is 5.88 Å². The summed E-state index contributed by atoms with van der Waals surface area (Å²) in [6.45, 7) is 4.08. The van der Waals surface area contributed by atoms with Crippen molar-refractivity contribution in [1.82, 2.24) is 24.4 Å². The summed E-state index contributed by atoms with van der Waals surface area (Å²) in [5.41, 5.74) is 2.93. The van der Waals surface area contributed by atoms with Gasteiger partial charge in [0.05, 0.1) is 34.6 Å². The lowest BCUT2D eigenvalue weighted by Gasteiger charge is -2.31. The first-order valence-corrected chi connectivity index (χ1v) is 13.3. The number of imidazole rings is 1. The van der Waals surface area contributed by atoms with Crippen LogP contribution in [-0.4, -0.2) is 62.3 Å². The number of nitrogens with zero attached hydrogens (tertiary/aromatic N) is 5. The van der Waals surface area contributed by atoms with Crippen LogP contribution in [0.25, 0.3) is 11.0 Å². The van der Waals surface area contributed by atoms with Crippen molar-refractivity contribution in [1.29, 1.82) is 0 Å². The number of carbonyl (C=O) groups is 1. The van der Waals surface area contributed by atoms with Crippen molar-refractivity contribution in [2.45, 2.75) is 38.5 Å². The van der Waals surface area contributed by atoms with Gasteiger partial charge >= 0.3 is 5.97 Å². The topological polar surface area (TPSA) is 103 Å². The summed E-state index contributed by atoms with van der Waals surface area (Å²) >= 11 is 7.31. The van der Waals surface area contributed by atoms with Gasteiger partial charge in [0.2, 0.25) is 5.88 Å². The van der Waals surface area contributed by atoms with Gasteiger partial charge in [-0.3, -0.25) is 4.90 Å². The Kier molecular flexibility index (Phi) is 7.99. The number of hydrogen-bond donors (Lipinski definition) is 1. The van der Waals surface area contributed by atoms with E-state index in [2.05, 4.69) is 20.5 Å². The Bertz CT molecular complexity index is 1380. The molecule has 1 fully saturated rings. The maximum absolute atomic E-state index is 11.5. The molecule has 1 saturated heterocycles. The van der Waals surface area contributed by atoms with Gasteiger partial charge in [-0.2, -0.15) is 0 Å². The van der Waals surface area contributed by atoms with Crippen LogP contribution >= 0.6 is 22.9 Å². The Hall–Kier alpha value is -3.05. The van der Waals surface area contributed by atoms with Crippen molar-refractivity contribution in [2.75, 3.05) is 26.8 Å². The number of piperidine rings is 1. The molecule has 0 radical (unpaired) electrons. The molecule has 0 saturated carbocycles. The summed E-state index contributed by atoms with van der Waals surface area (Å²) < 4.78 is 13.8. The monoisotopic (exact) mass is 541 g/mol. The fourth-order valence-electron chi connectivity index (χ4n) is 4.68. The molecule has 9 nitrogen and oxygen atoms in total. The molecule has 1 aliphatic heterocycles. The number of benzene rings is 1. The Labute approximate surface area is 223 Å². The maximum Gasteiger partial charge on any atom is 0.335 e. The van der Waals surface area contributed by atoms with Gasteiger partial charge < -0.3 is 19.1 Å². The van der Waals surface area contributed by atoms with Gasteiger partial charge in [0, 0.05) is 37.5 Å². The van der Waals surface area contributed by atoms with Gasteiger partial charge in [0.1, 0.15) is 12.4 Å². The van der Waals surface area contributed by atoms with Crippen LogP contribution in [0.2, 0.25) is 4.47 Å². The van der Waals surface area contributed by atoms with Crippen LogP contribution in [0.5, 0.6) is 5.88 Å². The van der Waals surface area contributed by atoms with E-state index in [1.54, 1.807) is 31.5 Å². The predicted molar refractivity (Wildman–Crippen MR) is 142 cm³/mol. The largest absolute Gasteiger partial charge is 0.478 e. The van der Waals surface area contributed by atoms with Crippen LogP contribution in [0.4, 0.5) is 0 Å². The number of methoxy groups -OCH3 is 1. The molecule has 37 heavy (non-hydrogen) atoms. The molecule has 4 heterocycles. The van der Waals surface area contributed by atoms with E-state index in [0.717, 1.165) is 53.4 Å². The van der Waals surface area contributed by atoms with Crippen molar-refractivity contribution in [3.05, 3.63) is 69.0 Å². The summed E-state index contributed by atoms with van der Waals surface area (Å²) in [4.78, 5) is 28.5. The highest BCUT2D eigenvalue weighted by molar-refractivity contribution is 7.15. The fraction of sp³-hybridized carbons (Fsp3) is 0.385. The number of thiazole rings is 1. The van der Waals surface area contributed by atoms with E-state index in [4.69, 9.17) is 31.0 Å². The fourth-order valence-corrected chi connectivity index (χ4v) is 5.57. The number of fused-ring (bicyclic) bond motifs is 1. The van der Waals surface area contributed by atoms with Crippen LogP contribution in [0.1, 0.15) is 45.5 Å². The molecule has 1 aliphatic rings. The average Bonchev–Trinajstić information content (AvgIpc) is 3.48. The lowest BCUT2D eigenvalue weighted by Crippen LogP contribution is -2.33. The summed E-state index contributed by atoms with van der Waals surface area (Å²) in [6, 6.07) is 11.0. The SMILES string of the molecule is COCCn1c(CN2CCC(c3cccc(OCc4cnc(Cl)s4)n3)CC2)nc2ccc(C(=O)O)cc21. The Morgan fingerprint density at radius 1 is 1.22 bits per heavy atom. The van der Waals surface area contributed by atoms with Crippen molar-refractivity contribution in [3.63, 3.8) is 0 Å². The highest BCUT2D eigenvalue weighted by Crippen LogP contribution is 2.29. The number of aromatic carboxylic acids is 1. The van der Waals surface area contributed by atoms with Crippen LogP contribution < -0.4 is 4.74 Å². The third-order valence-corrected chi connectivity index (χ3v) is 7.69. The minimum absolute atomic E-state index is 0.257. The number of carboxylic acids is 1. The predicted octanol–water partition coefficient (Wildman–Crippen LogP) is 4.84. The Morgan fingerprint density at radius 3 is 2.78 bits per heavy atom. The van der Waals surface area contributed by atoms with Gasteiger partial charge in [0.25, 0.3) is 0 Å². The average molecular weight is 542 g/mol. The molecule has 11 heteroatoms. The number of hydrogen-bond acceptors (Lipinski definition) is 8. The molecule has 0 amide bonds. The summed E-state index contributed by atoms with van der Waals surface area (Å²) in [6.07, 6.45) is 3.70. The van der Waals surface area contributed by atoms with Crippen LogP contribution in [0, 0.1) is 0 Å². The van der Waals surface area contributed by atoms with Gasteiger partial charge in [-0.15, -0.1) is 11.3 Å². The first kappa shape index (κ1) is 25.6. The standard InChI is InChI=1S/C26H28ClN5O4S/c1-35-12-11-32-22-13-18(25(33)34)5-6-21(22)29-23(32)15-31-9-7-17(8-10-31)20-3-2-4-24(30-20)36-16-19-14-28-26(27)37-19/h2-6,13-14,17H,7-12,15-16H2,1H3,(H,33,34). The number of pyridine rings is 1. The van der Waals surface area contributed by atoms with E-state index >= 15 is 0 Å². The van der Waals surface area contributed by atoms with Crippen molar-refractivity contribution < 1.29 is 19.4 Å². The normalized spacial score (nSPS) is 14.9. The number of ether oxygens (including phenoxy) is 2. The quantitative estimate of drug-likeness (QED) is 0.304.